The van der Waals surface area contributed by atoms with Crippen LogP contribution in [0.4, 0.5) is 10.5 Å². The van der Waals surface area contributed by atoms with Gasteiger partial charge in [0.15, 0.2) is 0 Å². The van der Waals surface area contributed by atoms with E-state index in [0.29, 0.717) is 44.6 Å². The van der Waals surface area contributed by atoms with Gasteiger partial charge in [0, 0.05) is 55.2 Å². The molecule has 2 N–H and O–H groups in total. The van der Waals surface area contributed by atoms with Crippen LogP contribution in [-0.2, 0) is 20.7 Å². The summed E-state index contributed by atoms with van der Waals surface area (Å²) in [6, 6.07) is 7.65. The average Bonchev–Trinajstić information content (AvgIpc) is 3.26. The van der Waals surface area contributed by atoms with Gasteiger partial charge in [0.1, 0.15) is 5.60 Å². The molecule has 3 heterocycles. The van der Waals surface area contributed by atoms with Crippen LogP contribution in [0.1, 0.15) is 55.3 Å². The first-order valence-electron chi connectivity index (χ1n) is 12.1. The number of anilines is 1. The number of nitrogens with zero attached hydrogens (tertiary/aromatic N) is 2. The molecular weight excluding hydrogens is 444 g/mol. The highest BCUT2D eigenvalue weighted by molar-refractivity contribution is 6.34. The maximum atomic E-state index is 12.9. The Morgan fingerprint density at radius 2 is 1.71 bits per heavy atom. The number of H-pyrrole nitrogens is 1. The predicted octanol–water partition coefficient (Wildman–Crippen LogP) is 4.14. The Hall–Kier alpha value is -3.55. The van der Waals surface area contributed by atoms with E-state index in [1.54, 1.807) is 4.90 Å². The fourth-order valence-corrected chi connectivity index (χ4v) is 4.62. The molecule has 1 aromatic carbocycles. The van der Waals surface area contributed by atoms with Crippen molar-refractivity contribution in [2.45, 2.75) is 53.1 Å². The highest BCUT2D eigenvalue weighted by Gasteiger charge is 2.28. The summed E-state index contributed by atoms with van der Waals surface area (Å²) in [5.41, 5.74) is 5.86. The third-order valence-electron chi connectivity index (χ3n) is 6.50. The molecule has 0 spiro atoms. The number of aromatic nitrogens is 1. The van der Waals surface area contributed by atoms with Crippen molar-refractivity contribution in [2.75, 3.05) is 31.5 Å². The number of amides is 3. The van der Waals surface area contributed by atoms with Gasteiger partial charge >= 0.3 is 6.09 Å². The smallest absolute Gasteiger partial charge is 0.410 e. The molecule has 186 valence electrons. The first-order valence-corrected chi connectivity index (χ1v) is 12.1. The Kier molecular flexibility index (Phi) is 6.74. The zero-order valence-corrected chi connectivity index (χ0v) is 21.2. The molecular formula is C27H34N4O4. The predicted molar refractivity (Wildman–Crippen MR) is 136 cm³/mol. The normalized spacial score (nSPS) is 16.9. The summed E-state index contributed by atoms with van der Waals surface area (Å²) in [7, 11) is 0. The van der Waals surface area contributed by atoms with Crippen LogP contribution in [0.2, 0.25) is 0 Å². The standard InChI is InChI=1S/C27H34N4O4/c1-17-19(10-11-24(32)30-12-14-31(15-13-30)26(34)35-27(3,4)5)18(2)28-23(17)16-21-20-8-6-7-9-22(20)29-25(21)33/h6-9,16,28H,10-15H2,1-5H3,(H,29,33)/b21-16-. The van der Waals surface area contributed by atoms with Gasteiger partial charge in [0.2, 0.25) is 5.91 Å². The van der Waals surface area contributed by atoms with Gasteiger partial charge in [-0.1, -0.05) is 18.2 Å². The van der Waals surface area contributed by atoms with Crippen LogP contribution in [0.5, 0.6) is 0 Å². The number of fused-ring (bicyclic) bond motifs is 1. The fourth-order valence-electron chi connectivity index (χ4n) is 4.62. The van der Waals surface area contributed by atoms with Crippen LogP contribution in [0.15, 0.2) is 24.3 Å². The number of carbonyl (C=O) groups excluding carboxylic acids is 3. The zero-order chi connectivity index (χ0) is 25.3. The van der Waals surface area contributed by atoms with E-state index >= 15 is 0 Å². The van der Waals surface area contributed by atoms with Crippen LogP contribution in [0.3, 0.4) is 0 Å². The third kappa shape index (κ3) is 5.42. The molecule has 0 unspecified atom stereocenters. The molecule has 35 heavy (non-hydrogen) atoms. The molecule has 0 atom stereocenters. The second kappa shape index (κ2) is 9.60. The molecule has 3 amide bonds. The first kappa shape index (κ1) is 24.6. The summed E-state index contributed by atoms with van der Waals surface area (Å²) < 4.78 is 5.43. The minimum absolute atomic E-state index is 0.0813. The maximum absolute atomic E-state index is 12.9. The van der Waals surface area contributed by atoms with Crippen molar-refractivity contribution >= 4 is 35.2 Å². The van der Waals surface area contributed by atoms with E-state index in [1.165, 1.54) is 0 Å². The summed E-state index contributed by atoms with van der Waals surface area (Å²) in [5, 5.41) is 2.90. The summed E-state index contributed by atoms with van der Waals surface area (Å²) in [4.78, 5) is 44.5. The molecule has 8 heteroatoms. The third-order valence-corrected chi connectivity index (χ3v) is 6.50. The number of nitrogens with one attached hydrogen (secondary N) is 2. The SMILES string of the molecule is Cc1[nH]c(/C=C2\C(=O)Nc3ccccc32)c(C)c1CCC(=O)N1CCN(C(=O)OC(C)(C)C)CC1. The highest BCUT2D eigenvalue weighted by atomic mass is 16.6. The van der Waals surface area contributed by atoms with Crippen molar-refractivity contribution in [3.63, 3.8) is 0 Å². The Bertz CT molecular complexity index is 1180. The molecule has 2 aliphatic rings. The number of hydrogen-bond acceptors (Lipinski definition) is 4. The lowest BCUT2D eigenvalue weighted by atomic mass is 10.0. The zero-order valence-electron chi connectivity index (χ0n) is 21.2. The molecule has 0 saturated carbocycles. The largest absolute Gasteiger partial charge is 0.444 e. The molecule has 1 aromatic heterocycles. The number of benzene rings is 1. The molecule has 1 fully saturated rings. The Labute approximate surface area is 206 Å². The van der Waals surface area contributed by atoms with Crippen LogP contribution in [0.25, 0.3) is 11.6 Å². The summed E-state index contributed by atoms with van der Waals surface area (Å²) in [6.45, 7) is 11.5. The van der Waals surface area contributed by atoms with E-state index in [9.17, 15) is 14.4 Å². The minimum atomic E-state index is -0.532. The molecule has 2 aromatic rings. The molecule has 8 nitrogen and oxygen atoms in total. The Balaban J connectivity index is 1.37. The first-order chi connectivity index (χ1) is 16.5. The number of ether oxygens (including phenoxy) is 1. The molecule has 4 rings (SSSR count). The van der Waals surface area contributed by atoms with Gasteiger partial charge in [0.25, 0.3) is 5.91 Å². The van der Waals surface area contributed by atoms with Gasteiger partial charge in [-0.25, -0.2) is 4.79 Å². The van der Waals surface area contributed by atoms with Gasteiger partial charge in [-0.2, -0.15) is 0 Å². The second-order valence-corrected chi connectivity index (χ2v) is 10.2. The Morgan fingerprint density at radius 1 is 1.06 bits per heavy atom. The molecule has 0 bridgehead atoms. The van der Waals surface area contributed by atoms with E-state index in [1.807, 2.05) is 69.9 Å². The van der Waals surface area contributed by atoms with Gasteiger partial charge < -0.3 is 24.8 Å². The lowest BCUT2D eigenvalue weighted by Crippen LogP contribution is -2.51. The van der Waals surface area contributed by atoms with E-state index in [-0.39, 0.29) is 17.9 Å². The number of aromatic amines is 1. The second-order valence-electron chi connectivity index (χ2n) is 10.2. The van der Waals surface area contributed by atoms with Crippen molar-refractivity contribution < 1.29 is 19.1 Å². The maximum Gasteiger partial charge on any atom is 0.410 e. The van der Waals surface area contributed by atoms with Crippen LogP contribution >= 0.6 is 0 Å². The average molecular weight is 479 g/mol. The number of piperazine rings is 1. The molecule has 0 aliphatic carbocycles. The van der Waals surface area contributed by atoms with Gasteiger partial charge in [-0.3, -0.25) is 9.59 Å². The van der Waals surface area contributed by atoms with Crippen LogP contribution < -0.4 is 5.32 Å². The lowest BCUT2D eigenvalue weighted by molar-refractivity contribution is -0.132. The molecule has 0 radical (unpaired) electrons. The number of aryl methyl sites for hydroxylation is 1. The van der Waals surface area contributed by atoms with E-state index < -0.39 is 5.60 Å². The van der Waals surface area contributed by atoms with Crippen molar-refractivity contribution in [3.05, 3.63) is 52.3 Å². The van der Waals surface area contributed by atoms with Gasteiger partial charge in [-0.05, 0) is 64.3 Å². The van der Waals surface area contributed by atoms with E-state index in [0.717, 1.165) is 33.8 Å². The van der Waals surface area contributed by atoms with Crippen molar-refractivity contribution in [1.29, 1.82) is 0 Å². The van der Waals surface area contributed by atoms with Crippen LogP contribution in [-0.4, -0.2) is 64.5 Å². The lowest BCUT2D eigenvalue weighted by Gasteiger charge is -2.35. The van der Waals surface area contributed by atoms with Crippen molar-refractivity contribution in [2.24, 2.45) is 0 Å². The number of hydrogen-bond donors (Lipinski definition) is 2. The summed E-state index contributed by atoms with van der Waals surface area (Å²) in [6.07, 6.45) is 2.57. The van der Waals surface area contributed by atoms with E-state index in [4.69, 9.17) is 4.74 Å². The Morgan fingerprint density at radius 3 is 2.40 bits per heavy atom. The van der Waals surface area contributed by atoms with Gasteiger partial charge in [0.05, 0.1) is 5.57 Å². The summed E-state index contributed by atoms with van der Waals surface area (Å²) >= 11 is 0. The number of para-hydroxylation sites is 1. The van der Waals surface area contributed by atoms with Crippen LogP contribution in [0, 0.1) is 13.8 Å². The van der Waals surface area contributed by atoms with E-state index in [2.05, 4.69) is 10.3 Å². The van der Waals surface area contributed by atoms with Crippen molar-refractivity contribution in [3.8, 4) is 0 Å². The minimum Gasteiger partial charge on any atom is -0.444 e. The number of carbonyl (C=O) groups is 3. The quantitative estimate of drug-likeness (QED) is 0.646. The number of rotatable bonds is 4. The summed E-state index contributed by atoms with van der Waals surface area (Å²) in [5.74, 6) is -0.0297. The molecule has 2 aliphatic heterocycles. The monoisotopic (exact) mass is 478 g/mol. The van der Waals surface area contributed by atoms with Gasteiger partial charge in [-0.15, -0.1) is 0 Å². The highest BCUT2D eigenvalue weighted by Crippen LogP contribution is 2.33. The topological polar surface area (TPSA) is 94.7 Å². The molecule has 1 saturated heterocycles. The van der Waals surface area contributed by atoms with Crippen molar-refractivity contribution in [1.82, 2.24) is 14.8 Å². The fraction of sp³-hybridized carbons (Fsp3) is 0.444.